The van der Waals surface area contributed by atoms with Crippen molar-refractivity contribution in [2.45, 2.75) is 6.42 Å². The van der Waals surface area contributed by atoms with E-state index in [1.165, 1.54) is 16.8 Å². The molecule has 0 unspecified atom stereocenters. The molecule has 3 heteroatoms. The van der Waals surface area contributed by atoms with Gasteiger partial charge in [-0.25, -0.2) is 0 Å². The molecule has 0 aliphatic carbocycles. The van der Waals surface area contributed by atoms with Crippen LogP contribution < -0.4 is 9.64 Å². The maximum absolute atomic E-state index is 5.33. The number of nitrogens with zero attached hydrogens (tertiary/aromatic N) is 2. The lowest BCUT2D eigenvalue weighted by Crippen LogP contribution is -2.44. The lowest BCUT2D eigenvalue weighted by Gasteiger charge is -2.35. The Morgan fingerprint density at radius 3 is 2.68 bits per heavy atom. The van der Waals surface area contributed by atoms with Gasteiger partial charge in [0, 0.05) is 37.9 Å². The number of ether oxygens (including phenoxy) is 1. The molecule has 22 heavy (non-hydrogen) atoms. The van der Waals surface area contributed by atoms with Gasteiger partial charge in [-0.05, 0) is 36.7 Å². The molecule has 0 atom stereocenters. The van der Waals surface area contributed by atoms with Crippen LogP contribution in [0.4, 0.5) is 5.69 Å². The van der Waals surface area contributed by atoms with Crippen molar-refractivity contribution in [3.8, 4) is 5.75 Å². The van der Waals surface area contributed by atoms with E-state index in [0.717, 1.165) is 38.3 Å². The Morgan fingerprint density at radius 2 is 1.91 bits per heavy atom. The summed E-state index contributed by atoms with van der Waals surface area (Å²) in [6.07, 6.45) is 0.913. The number of para-hydroxylation sites is 1. The van der Waals surface area contributed by atoms with Gasteiger partial charge < -0.3 is 14.5 Å². The van der Waals surface area contributed by atoms with Gasteiger partial charge in [-0.15, -0.1) is 0 Å². The Balaban J connectivity index is 1.81. The Morgan fingerprint density at radius 1 is 1.09 bits per heavy atom. The van der Waals surface area contributed by atoms with E-state index in [0.29, 0.717) is 0 Å². The van der Waals surface area contributed by atoms with Crippen molar-refractivity contribution in [1.82, 2.24) is 4.90 Å². The monoisotopic (exact) mass is 295 g/mol. The topological polar surface area (TPSA) is 15.7 Å². The first kappa shape index (κ1) is 14.9. The van der Waals surface area contributed by atoms with Crippen LogP contribution in [0.5, 0.6) is 5.75 Å². The minimum absolute atomic E-state index is 0.913. The zero-order valence-corrected chi connectivity index (χ0v) is 13.4. The summed E-state index contributed by atoms with van der Waals surface area (Å²) in [5.74, 6) is 0.915. The van der Waals surface area contributed by atoms with Gasteiger partial charge in [0.2, 0.25) is 0 Å². The van der Waals surface area contributed by atoms with Crippen molar-refractivity contribution in [2.75, 3.05) is 45.2 Å². The van der Waals surface area contributed by atoms with Crippen molar-refractivity contribution in [3.05, 3.63) is 59.7 Å². The highest BCUT2D eigenvalue weighted by Gasteiger charge is 2.17. The van der Waals surface area contributed by atoms with Crippen LogP contribution in [-0.2, 0) is 6.42 Å². The van der Waals surface area contributed by atoms with E-state index in [2.05, 4.69) is 53.2 Å². The summed E-state index contributed by atoms with van der Waals surface area (Å²) in [6.45, 7) is 4.37. The summed E-state index contributed by atoms with van der Waals surface area (Å²) in [6, 6.07) is 18.1. The summed E-state index contributed by atoms with van der Waals surface area (Å²) < 4.78 is 5.33. The van der Waals surface area contributed by atoms with Gasteiger partial charge in [0.15, 0.2) is 0 Å². The second-order valence-corrected chi connectivity index (χ2v) is 5.86. The summed E-state index contributed by atoms with van der Waals surface area (Å²) in [5, 5.41) is 0. The molecule has 0 aromatic heterocycles. The predicted octanol–water partition coefficient (Wildman–Crippen LogP) is 2.84. The highest BCUT2D eigenvalue weighted by atomic mass is 16.5. The maximum atomic E-state index is 5.33. The average Bonchev–Trinajstić information content (AvgIpc) is 2.56. The van der Waals surface area contributed by atoms with Crippen LogP contribution in [-0.4, -0.2) is 45.2 Å². The van der Waals surface area contributed by atoms with Gasteiger partial charge in [-0.2, -0.15) is 0 Å². The number of rotatable bonds is 4. The van der Waals surface area contributed by atoms with Crippen molar-refractivity contribution in [3.63, 3.8) is 0 Å². The van der Waals surface area contributed by atoms with E-state index in [9.17, 15) is 0 Å². The summed E-state index contributed by atoms with van der Waals surface area (Å²) in [7, 11) is 3.90. The van der Waals surface area contributed by atoms with E-state index in [4.69, 9.17) is 4.74 Å². The normalized spacial score (nSPS) is 15.8. The smallest absolute Gasteiger partial charge is 0.119 e. The summed E-state index contributed by atoms with van der Waals surface area (Å²) in [5.41, 5.74) is 3.85. The van der Waals surface area contributed by atoms with Gasteiger partial charge in [0.05, 0.1) is 7.11 Å². The Hall–Kier alpha value is -2.00. The second-order valence-electron chi connectivity index (χ2n) is 5.86. The molecule has 0 spiro atoms. The molecule has 2 aromatic rings. The fraction of sp³-hybridized carbons (Fsp3) is 0.368. The van der Waals surface area contributed by atoms with Crippen LogP contribution in [0.15, 0.2) is 42.5 Å². The SMILES string of the molecule is COc1cccc(Cc2ccc[c]c2N2CCN(C)CC2)c1. The molecular weight excluding hydrogens is 272 g/mol. The number of hydrogen-bond acceptors (Lipinski definition) is 3. The minimum atomic E-state index is 0.913. The second kappa shape index (κ2) is 6.84. The van der Waals surface area contributed by atoms with Crippen molar-refractivity contribution in [2.24, 2.45) is 0 Å². The maximum Gasteiger partial charge on any atom is 0.119 e. The number of piperazine rings is 1. The third-order valence-corrected chi connectivity index (χ3v) is 4.27. The van der Waals surface area contributed by atoms with Gasteiger partial charge in [-0.1, -0.05) is 30.3 Å². The van der Waals surface area contributed by atoms with E-state index < -0.39 is 0 Å². The first-order valence-corrected chi connectivity index (χ1v) is 7.82. The Kier molecular flexibility index (Phi) is 4.64. The number of likely N-dealkylation sites (N-methyl/N-ethyl adjacent to an activating group) is 1. The Labute approximate surface area is 133 Å². The summed E-state index contributed by atoms with van der Waals surface area (Å²) >= 11 is 0. The highest BCUT2D eigenvalue weighted by molar-refractivity contribution is 5.55. The molecule has 115 valence electrons. The van der Waals surface area contributed by atoms with Gasteiger partial charge >= 0.3 is 0 Å². The Bertz CT molecular complexity index is 618. The van der Waals surface area contributed by atoms with Crippen molar-refractivity contribution in [1.29, 1.82) is 0 Å². The average molecular weight is 295 g/mol. The molecule has 1 aliphatic heterocycles. The summed E-state index contributed by atoms with van der Waals surface area (Å²) in [4.78, 5) is 4.83. The first-order chi connectivity index (χ1) is 10.8. The molecule has 0 saturated carbocycles. The molecule has 1 radical (unpaired) electrons. The minimum Gasteiger partial charge on any atom is -0.497 e. The predicted molar refractivity (Wildman–Crippen MR) is 90.8 cm³/mol. The molecule has 3 rings (SSSR count). The van der Waals surface area contributed by atoms with E-state index in [-0.39, 0.29) is 0 Å². The third kappa shape index (κ3) is 3.42. The fourth-order valence-corrected chi connectivity index (χ4v) is 2.93. The zero-order chi connectivity index (χ0) is 15.4. The number of anilines is 1. The van der Waals surface area contributed by atoms with E-state index in [1.54, 1.807) is 7.11 Å². The first-order valence-electron chi connectivity index (χ1n) is 7.82. The van der Waals surface area contributed by atoms with Crippen LogP contribution >= 0.6 is 0 Å². The number of benzene rings is 2. The molecule has 0 amide bonds. The standard InChI is InChI=1S/C19H23N2O/c1-20-10-12-21(13-11-20)19-9-4-3-7-17(19)14-16-6-5-8-18(15-16)22-2/h3-8,15H,10-14H2,1-2H3. The van der Waals surface area contributed by atoms with Crippen LogP contribution in [0.3, 0.4) is 0 Å². The fourth-order valence-electron chi connectivity index (χ4n) is 2.93. The van der Waals surface area contributed by atoms with Gasteiger partial charge in [0.1, 0.15) is 5.75 Å². The van der Waals surface area contributed by atoms with E-state index in [1.807, 2.05) is 12.1 Å². The van der Waals surface area contributed by atoms with Gasteiger partial charge in [0.25, 0.3) is 0 Å². The highest BCUT2D eigenvalue weighted by Crippen LogP contribution is 2.25. The largest absolute Gasteiger partial charge is 0.497 e. The van der Waals surface area contributed by atoms with Crippen LogP contribution in [0.2, 0.25) is 0 Å². The molecule has 1 heterocycles. The van der Waals surface area contributed by atoms with E-state index >= 15 is 0 Å². The molecule has 0 N–H and O–H groups in total. The molecule has 1 aliphatic rings. The van der Waals surface area contributed by atoms with Crippen LogP contribution in [0.25, 0.3) is 0 Å². The van der Waals surface area contributed by atoms with Gasteiger partial charge in [-0.3, -0.25) is 0 Å². The third-order valence-electron chi connectivity index (χ3n) is 4.27. The zero-order valence-electron chi connectivity index (χ0n) is 13.4. The quantitative estimate of drug-likeness (QED) is 0.862. The van der Waals surface area contributed by atoms with Crippen molar-refractivity contribution < 1.29 is 4.74 Å². The van der Waals surface area contributed by atoms with Crippen molar-refractivity contribution >= 4 is 5.69 Å². The molecule has 1 saturated heterocycles. The number of methoxy groups -OCH3 is 1. The molecule has 1 fully saturated rings. The molecule has 0 bridgehead atoms. The number of hydrogen-bond donors (Lipinski definition) is 0. The lowest BCUT2D eigenvalue weighted by molar-refractivity contribution is 0.312. The van der Waals surface area contributed by atoms with Crippen LogP contribution in [0.1, 0.15) is 11.1 Å². The molecule has 2 aromatic carbocycles. The molecule has 3 nitrogen and oxygen atoms in total. The van der Waals surface area contributed by atoms with Crippen LogP contribution in [0, 0.1) is 6.07 Å². The lowest BCUT2D eigenvalue weighted by atomic mass is 10.0. The molecular formula is C19H23N2O.